The number of nitrogens with zero attached hydrogens (tertiary/aromatic N) is 4. The van der Waals surface area contributed by atoms with Crippen LogP contribution in [-0.2, 0) is 6.54 Å². The molecule has 1 fully saturated rings. The molecule has 1 aliphatic heterocycles. The molecule has 0 radical (unpaired) electrons. The maximum atomic E-state index is 11.2. The zero-order valence-electron chi connectivity index (χ0n) is 9.69. The number of rotatable bonds is 3. The Bertz CT molecular complexity index is 602. The van der Waals surface area contributed by atoms with E-state index >= 15 is 0 Å². The second kappa shape index (κ2) is 4.04. The summed E-state index contributed by atoms with van der Waals surface area (Å²) in [6, 6.07) is 5.51. The monoisotopic (exact) mass is 247 g/mol. The van der Waals surface area contributed by atoms with Gasteiger partial charge in [0, 0.05) is 31.7 Å². The molecule has 3 heterocycles. The summed E-state index contributed by atoms with van der Waals surface area (Å²) in [4.78, 5) is 17.1. The van der Waals surface area contributed by atoms with Crippen LogP contribution in [0.4, 0.5) is 5.82 Å². The van der Waals surface area contributed by atoms with Crippen LogP contribution in [0.5, 0.6) is 0 Å². The smallest absolute Gasteiger partial charge is 0.352 e. The lowest BCUT2D eigenvalue weighted by Gasteiger charge is -2.35. The summed E-state index contributed by atoms with van der Waals surface area (Å²) >= 11 is 0. The van der Waals surface area contributed by atoms with Gasteiger partial charge in [-0.15, -0.1) is 0 Å². The summed E-state index contributed by atoms with van der Waals surface area (Å²) < 4.78 is 1.51. The highest BCUT2D eigenvalue weighted by atomic mass is 16.6. The van der Waals surface area contributed by atoms with E-state index in [4.69, 9.17) is 5.73 Å². The highest BCUT2D eigenvalue weighted by molar-refractivity contribution is 5.48. The lowest BCUT2D eigenvalue weighted by Crippen LogP contribution is -2.54. The molecule has 0 aromatic carbocycles. The summed E-state index contributed by atoms with van der Waals surface area (Å²) in [5.41, 5.74) is 6.79. The Balaban J connectivity index is 1.99. The molecule has 2 N–H and O–H groups in total. The summed E-state index contributed by atoms with van der Waals surface area (Å²) in [6.45, 7) is 2.02. The fourth-order valence-corrected chi connectivity index (χ4v) is 2.28. The summed E-state index contributed by atoms with van der Waals surface area (Å²) in [5, 5.41) is 11.2. The molecule has 3 rings (SSSR count). The van der Waals surface area contributed by atoms with Gasteiger partial charge in [-0.25, -0.2) is 4.98 Å². The van der Waals surface area contributed by atoms with Crippen LogP contribution in [0, 0.1) is 10.1 Å². The highest BCUT2D eigenvalue weighted by Gasteiger charge is 2.28. The molecule has 0 saturated carbocycles. The van der Waals surface area contributed by atoms with E-state index in [0.717, 1.165) is 13.1 Å². The van der Waals surface area contributed by atoms with Crippen molar-refractivity contribution in [3.63, 3.8) is 0 Å². The number of hydrogen-bond acceptors (Lipinski definition) is 5. The molecule has 1 saturated heterocycles. The molecular formula is C11H13N5O2. The van der Waals surface area contributed by atoms with Crippen LogP contribution in [0.3, 0.4) is 0 Å². The Morgan fingerprint density at radius 2 is 2.28 bits per heavy atom. The molecule has 94 valence electrons. The Morgan fingerprint density at radius 1 is 1.50 bits per heavy atom. The van der Waals surface area contributed by atoms with E-state index in [-0.39, 0.29) is 16.8 Å². The van der Waals surface area contributed by atoms with Crippen molar-refractivity contribution in [3.05, 3.63) is 40.2 Å². The van der Waals surface area contributed by atoms with Gasteiger partial charge in [-0.3, -0.25) is 4.90 Å². The number of likely N-dealkylation sites (tertiary alicyclic amines) is 1. The van der Waals surface area contributed by atoms with Gasteiger partial charge in [-0.2, -0.15) is 4.40 Å². The fourth-order valence-electron chi connectivity index (χ4n) is 2.28. The summed E-state index contributed by atoms with van der Waals surface area (Å²) in [7, 11) is 0. The Morgan fingerprint density at radius 3 is 2.94 bits per heavy atom. The second-order valence-corrected chi connectivity index (χ2v) is 4.52. The van der Waals surface area contributed by atoms with Crippen molar-refractivity contribution in [2.45, 2.75) is 12.6 Å². The van der Waals surface area contributed by atoms with Crippen LogP contribution in [0.2, 0.25) is 0 Å². The zero-order chi connectivity index (χ0) is 12.7. The summed E-state index contributed by atoms with van der Waals surface area (Å²) in [6.07, 6.45) is 1.66. The minimum absolute atomic E-state index is 0.0473. The number of fused-ring (bicyclic) bond motifs is 1. The van der Waals surface area contributed by atoms with Crippen LogP contribution < -0.4 is 5.73 Å². The number of nitro groups is 1. The fraction of sp³-hybridized carbons (Fsp3) is 0.364. The van der Waals surface area contributed by atoms with Gasteiger partial charge in [0.1, 0.15) is 0 Å². The van der Waals surface area contributed by atoms with Crippen LogP contribution >= 0.6 is 0 Å². The SMILES string of the molecule is NC1CN(Cc2nc3ccccn3c2[N+](=O)[O-])C1. The number of nitrogens with two attached hydrogens (primary N) is 1. The molecule has 0 bridgehead atoms. The zero-order valence-corrected chi connectivity index (χ0v) is 9.69. The average Bonchev–Trinajstić information content (AvgIpc) is 2.64. The van der Waals surface area contributed by atoms with Crippen molar-refractivity contribution >= 4 is 11.5 Å². The Labute approximate surface area is 103 Å². The number of hydrogen-bond donors (Lipinski definition) is 1. The van der Waals surface area contributed by atoms with Crippen LogP contribution in [0.25, 0.3) is 5.65 Å². The number of pyridine rings is 1. The van der Waals surface area contributed by atoms with Crippen LogP contribution in [-0.4, -0.2) is 38.3 Å². The van der Waals surface area contributed by atoms with Crippen molar-refractivity contribution in [3.8, 4) is 0 Å². The topological polar surface area (TPSA) is 89.7 Å². The predicted octanol–water partition coefficient (Wildman–Crippen LogP) is 0.385. The Kier molecular flexibility index (Phi) is 2.49. The third-order valence-electron chi connectivity index (χ3n) is 3.11. The van der Waals surface area contributed by atoms with E-state index in [1.165, 1.54) is 4.40 Å². The number of aromatic nitrogens is 2. The van der Waals surface area contributed by atoms with Gasteiger partial charge >= 0.3 is 5.82 Å². The van der Waals surface area contributed by atoms with E-state index < -0.39 is 0 Å². The molecule has 0 spiro atoms. The maximum absolute atomic E-state index is 11.2. The molecular weight excluding hydrogens is 234 g/mol. The van der Waals surface area contributed by atoms with Gasteiger partial charge in [-0.05, 0) is 11.0 Å². The van der Waals surface area contributed by atoms with E-state index in [1.54, 1.807) is 18.3 Å². The molecule has 0 aliphatic carbocycles. The molecule has 2 aromatic rings. The minimum Gasteiger partial charge on any atom is -0.358 e. The quantitative estimate of drug-likeness (QED) is 0.625. The van der Waals surface area contributed by atoms with Gasteiger partial charge in [0.05, 0.1) is 6.20 Å². The van der Waals surface area contributed by atoms with Crippen molar-refractivity contribution in [1.29, 1.82) is 0 Å². The molecule has 2 aromatic heterocycles. The summed E-state index contributed by atoms with van der Waals surface area (Å²) in [5.74, 6) is 0.0473. The van der Waals surface area contributed by atoms with E-state index in [1.807, 2.05) is 6.07 Å². The van der Waals surface area contributed by atoms with Crippen LogP contribution in [0.15, 0.2) is 24.4 Å². The molecule has 7 heteroatoms. The second-order valence-electron chi connectivity index (χ2n) is 4.52. The first kappa shape index (κ1) is 11.1. The minimum atomic E-state index is -0.380. The van der Waals surface area contributed by atoms with Crippen molar-refractivity contribution < 1.29 is 4.92 Å². The Hall–Kier alpha value is -1.99. The van der Waals surface area contributed by atoms with E-state index in [9.17, 15) is 10.1 Å². The van der Waals surface area contributed by atoms with Gasteiger partial charge in [0.15, 0.2) is 5.69 Å². The van der Waals surface area contributed by atoms with Gasteiger partial charge in [-0.1, -0.05) is 6.07 Å². The van der Waals surface area contributed by atoms with Gasteiger partial charge in [0.25, 0.3) is 0 Å². The maximum Gasteiger partial charge on any atom is 0.352 e. The molecule has 0 unspecified atom stereocenters. The van der Waals surface area contributed by atoms with E-state index in [2.05, 4.69) is 9.88 Å². The first-order chi connectivity index (χ1) is 8.65. The third kappa shape index (κ3) is 1.73. The largest absolute Gasteiger partial charge is 0.358 e. The first-order valence-corrected chi connectivity index (χ1v) is 5.73. The van der Waals surface area contributed by atoms with Crippen LogP contribution in [0.1, 0.15) is 5.69 Å². The predicted molar refractivity (Wildman–Crippen MR) is 65.1 cm³/mol. The first-order valence-electron chi connectivity index (χ1n) is 5.73. The van der Waals surface area contributed by atoms with Crippen molar-refractivity contribution in [2.75, 3.05) is 13.1 Å². The van der Waals surface area contributed by atoms with Crippen molar-refractivity contribution in [2.24, 2.45) is 5.73 Å². The van der Waals surface area contributed by atoms with Gasteiger partial charge < -0.3 is 15.8 Å². The lowest BCUT2D eigenvalue weighted by atomic mass is 10.1. The van der Waals surface area contributed by atoms with Gasteiger partial charge in [0.2, 0.25) is 5.65 Å². The third-order valence-corrected chi connectivity index (χ3v) is 3.11. The molecule has 0 amide bonds. The standard InChI is InChI=1S/C11H13N5O2/c12-8-5-14(6-8)7-9-11(16(17)18)15-4-2-1-3-10(15)13-9/h1-4,8H,5-7,12H2. The molecule has 7 nitrogen and oxygen atoms in total. The molecule has 0 atom stereocenters. The normalized spacial score (nSPS) is 16.9. The lowest BCUT2D eigenvalue weighted by molar-refractivity contribution is -0.391. The van der Waals surface area contributed by atoms with E-state index in [0.29, 0.717) is 17.9 Å². The van der Waals surface area contributed by atoms with Crippen molar-refractivity contribution in [1.82, 2.24) is 14.3 Å². The molecule has 18 heavy (non-hydrogen) atoms. The molecule has 1 aliphatic rings. The number of imidazole rings is 1. The average molecular weight is 247 g/mol. The highest BCUT2D eigenvalue weighted by Crippen LogP contribution is 2.23.